The molecule has 2 saturated heterocycles. The largest absolute Gasteiger partial charge is 0.381 e. The highest BCUT2D eigenvalue weighted by Gasteiger charge is 2.41. The minimum Gasteiger partial charge on any atom is -0.381 e. The molecule has 0 aliphatic carbocycles. The molecule has 0 aromatic carbocycles. The van der Waals surface area contributed by atoms with E-state index >= 15 is 0 Å². The number of hydrogen-bond donors (Lipinski definition) is 1. The van der Waals surface area contributed by atoms with Crippen molar-refractivity contribution in [3.63, 3.8) is 0 Å². The fourth-order valence-electron chi connectivity index (χ4n) is 3.20. The van der Waals surface area contributed by atoms with Crippen LogP contribution >= 0.6 is 11.8 Å². The molecule has 3 nitrogen and oxygen atoms in total. The molecule has 3 atom stereocenters. The Hall–Kier alpha value is 0.230. The second-order valence-electron chi connectivity index (χ2n) is 5.40. The van der Waals surface area contributed by atoms with Gasteiger partial charge in [0.05, 0.1) is 0 Å². The smallest absolute Gasteiger partial charge is 0.0484 e. The van der Waals surface area contributed by atoms with Crippen molar-refractivity contribution in [3.05, 3.63) is 0 Å². The Kier molecular flexibility index (Phi) is 4.75. The van der Waals surface area contributed by atoms with Crippen LogP contribution in [0.3, 0.4) is 0 Å². The molecule has 2 fully saturated rings. The maximum Gasteiger partial charge on any atom is 0.0484 e. The van der Waals surface area contributed by atoms with E-state index in [2.05, 4.69) is 30.5 Å². The molecule has 2 N–H and O–H groups in total. The molecule has 0 radical (unpaired) electrons. The third-order valence-corrected chi connectivity index (χ3v) is 5.85. The lowest BCUT2D eigenvalue weighted by molar-refractivity contribution is 0.0378. The molecule has 0 bridgehead atoms. The Morgan fingerprint density at radius 1 is 1.35 bits per heavy atom. The van der Waals surface area contributed by atoms with Gasteiger partial charge in [0.1, 0.15) is 0 Å². The van der Waals surface area contributed by atoms with Crippen LogP contribution in [0.5, 0.6) is 0 Å². The van der Waals surface area contributed by atoms with Gasteiger partial charge in [0.15, 0.2) is 0 Å². The fourth-order valence-corrected chi connectivity index (χ4v) is 4.30. The van der Waals surface area contributed by atoms with E-state index in [1.54, 1.807) is 0 Å². The van der Waals surface area contributed by atoms with Crippen molar-refractivity contribution in [2.45, 2.75) is 49.9 Å². The maximum absolute atomic E-state index is 6.14. The van der Waals surface area contributed by atoms with E-state index in [0.29, 0.717) is 6.04 Å². The highest BCUT2D eigenvalue weighted by atomic mass is 32.2. The summed E-state index contributed by atoms with van der Waals surface area (Å²) in [5.74, 6) is 1.24. The van der Waals surface area contributed by atoms with E-state index in [1.165, 1.54) is 18.7 Å². The number of rotatable bonds is 2. The van der Waals surface area contributed by atoms with Gasteiger partial charge in [-0.2, -0.15) is 11.8 Å². The standard InChI is InChI=1S/C13H26N2OS/c1-11-12(2)17-9-6-15(11)13(10-14)4-3-7-16-8-5-13/h11-12H,3-10,14H2,1-2H3. The third-order valence-electron chi connectivity index (χ3n) is 4.52. The topological polar surface area (TPSA) is 38.5 Å². The van der Waals surface area contributed by atoms with Crippen molar-refractivity contribution < 1.29 is 4.74 Å². The first-order chi connectivity index (χ1) is 8.19. The van der Waals surface area contributed by atoms with Crippen LogP contribution in [0.25, 0.3) is 0 Å². The van der Waals surface area contributed by atoms with E-state index in [9.17, 15) is 0 Å². The summed E-state index contributed by atoms with van der Waals surface area (Å²) in [5, 5.41) is 0.719. The molecular formula is C13H26N2OS. The number of nitrogens with two attached hydrogens (primary N) is 1. The normalized spacial score (nSPS) is 41.1. The molecular weight excluding hydrogens is 232 g/mol. The maximum atomic E-state index is 6.14. The fraction of sp³-hybridized carbons (Fsp3) is 1.00. The van der Waals surface area contributed by atoms with Crippen molar-refractivity contribution in [2.75, 3.05) is 32.1 Å². The molecule has 2 aliphatic rings. The number of nitrogens with zero attached hydrogens (tertiary/aromatic N) is 1. The highest BCUT2D eigenvalue weighted by Crippen LogP contribution is 2.35. The van der Waals surface area contributed by atoms with Gasteiger partial charge < -0.3 is 10.5 Å². The second kappa shape index (κ2) is 5.91. The van der Waals surface area contributed by atoms with E-state index < -0.39 is 0 Å². The zero-order chi connectivity index (χ0) is 12.3. The summed E-state index contributed by atoms with van der Waals surface area (Å²) >= 11 is 2.09. The van der Waals surface area contributed by atoms with Crippen LogP contribution in [0, 0.1) is 0 Å². The molecule has 0 aromatic rings. The van der Waals surface area contributed by atoms with Crippen LogP contribution in [0.15, 0.2) is 0 Å². The monoisotopic (exact) mass is 258 g/mol. The molecule has 100 valence electrons. The SMILES string of the molecule is CC1SCCN(C2(CN)CCCOCC2)C1C. The van der Waals surface area contributed by atoms with E-state index in [4.69, 9.17) is 10.5 Å². The van der Waals surface area contributed by atoms with Crippen LogP contribution < -0.4 is 5.73 Å². The Bertz CT molecular complexity index is 242. The lowest BCUT2D eigenvalue weighted by Gasteiger charge is -2.50. The summed E-state index contributed by atoms with van der Waals surface area (Å²) in [6.45, 7) is 8.46. The summed E-state index contributed by atoms with van der Waals surface area (Å²) < 4.78 is 5.62. The first kappa shape index (κ1) is 13.7. The lowest BCUT2D eigenvalue weighted by Crippen LogP contribution is -2.61. The molecule has 2 heterocycles. The average molecular weight is 258 g/mol. The predicted molar refractivity (Wildman–Crippen MR) is 74.5 cm³/mol. The molecule has 0 aromatic heterocycles. The first-order valence-corrected chi connectivity index (χ1v) is 7.91. The van der Waals surface area contributed by atoms with Gasteiger partial charge in [0, 0.05) is 48.9 Å². The Morgan fingerprint density at radius 3 is 2.94 bits per heavy atom. The van der Waals surface area contributed by atoms with Gasteiger partial charge in [-0.1, -0.05) is 6.92 Å². The average Bonchev–Trinajstić information content (AvgIpc) is 2.59. The highest BCUT2D eigenvalue weighted by molar-refractivity contribution is 8.00. The molecule has 17 heavy (non-hydrogen) atoms. The summed E-state index contributed by atoms with van der Waals surface area (Å²) in [6.07, 6.45) is 3.46. The number of thioether (sulfide) groups is 1. The molecule has 0 spiro atoms. The quantitative estimate of drug-likeness (QED) is 0.818. The van der Waals surface area contributed by atoms with E-state index in [-0.39, 0.29) is 5.54 Å². The van der Waals surface area contributed by atoms with Crippen LogP contribution in [0.4, 0.5) is 0 Å². The lowest BCUT2D eigenvalue weighted by atomic mass is 9.86. The van der Waals surface area contributed by atoms with Crippen molar-refractivity contribution >= 4 is 11.8 Å². The Morgan fingerprint density at radius 2 is 2.18 bits per heavy atom. The Balaban J connectivity index is 2.14. The Labute approximate surface area is 109 Å². The number of ether oxygens (including phenoxy) is 1. The van der Waals surface area contributed by atoms with Crippen molar-refractivity contribution in [3.8, 4) is 0 Å². The first-order valence-electron chi connectivity index (χ1n) is 6.86. The molecule has 0 saturated carbocycles. The summed E-state index contributed by atoms with van der Waals surface area (Å²) in [6, 6.07) is 0.635. The third kappa shape index (κ3) is 2.80. The minimum absolute atomic E-state index is 0.200. The van der Waals surface area contributed by atoms with Gasteiger partial charge in [-0.3, -0.25) is 4.90 Å². The van der Waals surface area contributed by atoms with Crippen LogP contribution in [-0.2, 0) is 4.74 Å². The predicted octanol–water partition coefficient (Wildman–Crippen LogP) is 1.71. The van der Waals surface area contributed by atoms with Gasteiger partial charge >= 0.3 is 0 Å². The van der Waals surface area contributed by atoms with Crippen molar-refractivity contribution in [2.24, 2.45) is 5.73 Å². The van der Waals surface area contributed by atoms with Gasteiger partial charge in [-0.05, 0) is 26.2 Å². The summed E-state index contributed by atoms with van der Waals surface area (Å²) in [7, 11) is 0. The molecule has 4 heteroatoms. The van der Waals surface area contributed by atoms with E-state index in [1.807, 2.05) is 0 Å². The molecule has 0 amide bonds. The number of hydrogen-bond acceptors (Lipinski definition) is 4. The van der Waals surface area contributed by atoms with Crippen molar-refractivity contribution in [1.29, 1.82) is 0 Å². The van der Waals surface area contributed by atoms with Crippen LogP contribution in [0.2, 0.25) is 0 Å². The van der Waals surface area contributed by atoms with Crippen molar-refractivity contribution in [1.82, 2.24) is 4.90 Å². The van der Waals surface area contributed by atoms with Gasteiger partial charge in [0.25, 0.3) is 0 Å². The van der Waals surface area contributed by atoms with Gasteiger partial charge in [-0.15, -0.1) is 0 Å². The summed E-state index contributed by atoms with van der Waals surface area (Å²) in [5.41, 5.74) is 6.34. The van der Waals surface area contributed by atoms with Crippen LogP contribution in [0.1, 0.15) is 33.1 Å². The van der Waals surface area contributed by atoms with E-state index in [0.717, 1.165) is 37.9 Å². The summed E-state index contributed by atoms with van der Waals surface area (Å²) in [4.78, 5) is 2.68. The zero-order valence-electron chi connectivity index (χ0n) is 11.2. The van der Waals surface area contributed by atoms with Gasteiger partial charge in [0.2, 0.25) is 0 Å². The second-order valence-corrected chi connectivity index (χ2v) is 6.89. The van der Waals surface area contributed by atoms with Crippen LogP contribution in [-0.4, -0.2) is 53.8 Å². The minimum atomic E-state index is 0.200. The molecule has 3 unspecified atom stereocenters. The molecule has 2 aliphatic heterocycles. The van der Waals surface area contributed by atoms with Gasteiger partial charge in [-0.25, -0.2) is 0 Å². The zero-order valence-corrected chi connectivity index (χ0v) is 12.0. The molecule has 2 rings (SSSR count).